The Morgan fingerprint density at radius 1 is 1.38 bits per heavy atom. The summed E-state index contributed by atoms with van der Waals surface area (Å²) in [6.07, 6.45) is 1.61. The zero-order valence-electron chi connectivity index (χ0n) is 11.6. The van der Waals surface area contributed by atoms with Crippen LogP contribution in [0.1, 0.15) is 30.4 Å². The summed E-state index contributed by atoms with van der Waals surface area (Å²) in [5.74, 6) is -0.0588. The van der Waals surface area contributed by atoms with Gasteiger partial charge in [0.15, 0.2) is 10.4 Å². The number of hydrogen-bond acceptors (Lipinski definition) is 4. The van der Waals surface area contributed by atoms with Crippen molar-refractivity contribution in [2.75, 3.05) is 11.9 Å². The Morgan fingerprint density at radius 2 is 2.14 bits per heavy atom. The number of furan rings is 1. The fourth-order valence-electron chi connectivity index (χ4n) is 1.70. The molecule has 21 heavy (non-hydrogen) atoms. The van der Waals surface area contributed by atoms with Crippen molar-refractivity contribution in [3.63, 3.8) is 0 Å². The first-order valence-corrected chi connectivity index (χ1v) is 7.13. The molecule has 0 aliphatic rings. The predicted molar refractivity (Wildman–Crippen MR) is 80.0 cm³/mol. The van der Waals surface area contributed by atoms with E-state index in [1.165, 1.54) is 6.07 Å². The lowest BCUT2D eigenvalue weighted by Crippen LogP contribution is -2.33. The fraction of sp³-hybridized carbons (Fsp3) is 0.308. The SMILES string of the molecule is CC(C)n1nccc1NC(=O)CNC(=O)c1ccc(Br)o1. The van der Waals surface area contributed by atoms with Gasteiger partial charge in [-0.05, 0) is 41.9 Å². The molecule has 2 N–H and O–H groups in total. The molecule has 2 heterocycles. The number of nitrogens with one attached hydrogen (secondary N) is 2. The Balaban J connectivity index is 1.87. The molecule has 2 aromatic rings. The van der Waals surface area contributed by atoms with Gasteiger partial charge in [0, 0.05) is 12.1 Å². The van der Waals surface area contributed by atoms with E-state index in [1.807, 2.05) is 13.8 Å². The molecule has 0 unspecified atom stereocenters. The summed E-state index contributed by atoms with van der Waals surface area (Å²) in [5.41, 5.74) is 0. The second-order valence-corrected chi connectivity index (χ2v) is 5.37. The molecule has 0 fully saturated rings. The molecular weight excluding hydrogens is 340 g/mol. The first-order valence-electron chi connectivity index (χ1n) is 6.34. The highest BCUT2D eigenvalue weighted by Gasteiger charge is 2.13. The van der Waals surface area contributed by atoms with Gasteiger partial charge in [-0.25, -0.2) is 4.68 Å². The smallest absolute Gasteiger partial charge is 0.287 e. The Hall–Kier alpha value is -2.09. The van der Waals surface area contributed by atoms with Gasteiger partial charge in [-0.2, -0.15) is 5.10 Å². The average molecular weight is 355 g/mol. The van der Waals surface area contributed by atoms with Gasteiger partial charge >= 0.3 is 0 Å². The van der Waals surface area contributed by atoms with Gasteiger partial charge in [0.05, 0.1) is 12.7 Å². The Labute approximate surface area is 129 Å². The summed E-state index contributed by atoms with van der Waals surface area (Å²) < 4.78 is 7.23. The number of amides is 2. The lowest BCUT2D eigenvalue weighted by molar-refractivity contribution is -0.115. The zero-order chi connectivity index (χ0) is 15.4. The van der Waals surface area contributed by atoms with Crippen LogP contribution in [-0.2, 0) is 4.79 Å². The molecule has 0 bridgehead atoms. The number of carbonyl (C=O) groups excluding carboxylic acids is 2. The van der Waals surface area contributed by atoms with Crippen LogP contribution in [0, 0.1) is 0 Å². The fourth-order valence-corrected chi connectivity index (χ4v) is 2.00. The summed E-state index contributed by atoms with van der Waals surface area (Å²) in [7, 11) is 0. The quantitative estimate of drug-likeness (QED) is 0.861. The maximum Gasteiger partial charge on any atom is 0.287 e. The van der Waals surface area contributed by atoms with Crippen LogP contribution in [-0.4, -0.2) is 28.1 Å². The van der Waals surface area contributed by atoms with E-state index in [0.717, 1.165) is 0 Å². The number of aromatic nitrogens is 2. The maximum absolute atomic E-state index is 11.8. The van der Waals surface area contributed by atoms with Crippen molar-refractivity contribution < 1.29 is 14.0 Å². The molecule has 2 rings (SSSR count). The molecule has 8 heteroatoms. The lowest BCUT2D eigenvalue weighted by atomic mass is 10.4. The molecule has 0 saturated heterocycles. The zero-order valence-corrected chi connectivity index (χ0v) is 13.2. The van der Waals surface area contributed by atoms with E-state index in [9.17, 15) is 9.59 Å². The van der Waals surface area contributed by atoms with E-state index in [1.54, 1.807) is 23.0 Å². The van der Waals surface area contributed by atoms with Crippen LogP contribution in [0.4, 0.5) is 5.82 Å². The molecule has 0 radical (unpaired) electrons. The monoisotopic (exact) mass is 354 g/mol. The van der Waals surface area contributed by atoms with E-state index in [2.05, 4.69) is 31.7 Å². The van der Waals surface area contributed by atoms with E-state index in [0.29, 0.717) is 10.5 Å². The third-order valence-corrected chi connectivity index (χ3v) is 3.06. The van der Waals surface area contributed by atoms with Gasteiger partial charge in [-0.15, -0.1) is 0 Å². The molecule has 2 amide bonds. The van der Waals surface area contributed by atoms with Gasteiger partial charge in [-0.3, -0.25) is 9.59 Å². The molecular formula is C13H15BrN4O3. The molecule has 0 aliphatic heterocycles. The highest BCUT2D eigenvalue weighted by Crippen LogP contribution is 2.14. The van der Waals surface area contributed by atoms with Crippen LogP contribution in [0.5, 0.6) is 0 Å². The molecule has 2 aromatic heterocycles. The van der Waals surface area contributed by atoms with Crippen molar-refractivity contribution in [1.82, 2.24) is 15.1 Å². The number of anilines is 1. The Kier molecular flexibility index (Phi) is 4.79. The summed E-state index contributed by atoms with van der Waals surface area (Å²) in [6, 6.07) is 4.95. The van der Waals surface area contributed by atoms with Gasteiger partial charge in [0.2, 0.25) is 5.91 Å². The minimum absolute atomic E-state index is 0.130. The van der Waals surface area contributed by atoms with Crippen molar-refractivity contribution >= 4 is 33.6 Å². The van der Waals surface area contributed by atoms with Crippen molar-refractivity contribution in [3.8, 4) is 0 Å². The minimum Gasteiger partial charge on any atom is -0.444 e. The van der Waals surface area contributed by atoms with Crippen LogP contribution in [0.2, 0.25) is 0 Å². The van der Waals surface area contributed by atoms with Crippen LogP contribution < -0.4 is 10.6 Å². The first kappa shape index (κ1) is 15.3. The number of rotatable bonds is 5. The number of hydrogen-bond donors (Lipinski definition) is 2. The second-order valence-electron chi connectivity index (χ2n) is 4.59. The molecule has 112 valence electrons. The van der Waals surface area contributed by atoms with E-state index in [4.69, 9.17) is 4.42 Å². The Morgan fingerprint density at radius 3 is 2.76 bits per heavy atom. The normalized spacial score (nSPS) is 10.7. The van der Waals surface area contributed by atoms with Crippen molar-refractivity contribution in [3.05, 3.63) is 34.8 Å². The first-order chi connectivity index (χ1) is 9.97. The third-order valence-electron chi connectivity index (χ3n) is 2.63. The largest absolute Gasteiger partial charge is 0.444 e. The Bertz CT molecular complexity index is 647. The van der Waals surface area contributed by atoms with Gasteiger partial charge in [0.25, 0.3) is 5.91 Å². The lowest BCUT2D eigenvalue weighted by Gasteiger charge is -2.11. The number of carbonyl (C=O) groups is 2. The predicted octanol–water partition coefficient (Wildman–Crippen LogP) is 2.19. The number of nitrogens with zero attached hydrogens (tertiary/aromatic N) is 2. The second kappa shape index (κ2) is 6.57. The van der Waals surface area contributed by atoms with Crippen LogP contribution >= 0.6 is 15.9 Å². The van der Waals surface area contributed by atoms with Gasteiger partial charge < -0.3 is 15.1 Å². The van der Waals surface area contributed by atoms with Crippen molar-refractivity contribution in [1.29, 1.82) is 0 Å². The van der Waals surface area contributed by atoms with Crippen molar-refractivity contribution in [2.24, 2.45) is 0 Å². The standard InChI is InChI=1S/C13H15BrN4O3/c1-8(2)18-11(5-6-16-18)17-12(19)7-15-13(20)9-3-4-10(14)21-9/h3-6,8H,7H2,1-2H3,(H,15,20)(H,17,19). The molecule has 0 aliphatic carbocycles. The highest BCUT2D eigenvalue weighted by molar-refractivity contribution is 9.10. The van der Waals surface area contributed by atoms with Gasteiger partial charge in [-0.1, -0.05) is 0 Å². The summed E-state index contributed by atoms with van der Waals surface area (Å²) >= 11 is 3.11. The molecule has 7 nitrogen and oxygen atoms in total. The molecule has 0 atom stereocenters. The summed E-state index contributed by atoms with van der Waals surface area (Å²) in [4.78, 5) is 23.5. The maximum atomic E-state index is 11.8. The molecule has 0 aromatic carbocycles. The van der Waals surface area contributed by atoms with E-state index < -0.39 is 5.91 Å². The van der Waals surface area contributed by atoms with Crippen LogP contribution in [0.3, 0.4) is 0 Å². The van der Waals surface area contributed by atoms with Crippen molar-refractivity contribution in [2.45, 2.75) is 19.9 Å². The number of halogens is 1. The topological polar surface area (TPSA) is 89.2 Å². The molecule has 0 saturated carbocycles. The van der Waals surface area contributed by atoms with Gasteiger partial charge in [0.1, 0.15) is 5.82 Å². The highest BCUT2D eigenvalue weighted by atomic mass is 79.9. The summed E-state index contributed by atoms with van der Waals surface area (Å²) in [6.45, 7) is 3.76. The molecule has 0 spiro atoms. The van der Waals surface area contributed by atoms with Crippen LogP contribution in [0.25, 0.3) is 0 Å². The minimum atomic E-state index is -0.451. The van der Waals surface area contributed by atoms with Crippen LogP contribution in [0.15, 0.2) is 33.5 Å². The average Bonchev–Trinajstić information content (AvgIpc) is 3.05. The van der Waals surface area contributed by atoms with E-state index in [-0.39, 0.29) is 24.3 Å². The van der Waals surface area contributed by atoms with E-state index >= 15 is 0 Å². The third kappa shape index (κ3) is 3.94. The summed E-state index contributed by atoms with van der Waals surface area (Å²) in [5, 5.41) is 9.28.